The second-order valence-corrected chi connectivity index (χ2v) is 6.88. The molecule has 0 bridgehead atoms. The van der Waals surface area contributed by atoms with E-state index in [9.17, 15) is 8.42 Å². The highest BCUT2D eigenvalue weighted by atomic mass is 32.2. The number of nitrogens with two attached hydrogens (primary N) is 1. The van der Waals surface area contributed by atoms with E-state index in [1.807, 2.05) is 6.92 Å². The van der Waals surface area contributed by atoms with Crippen LogP contribution in [0.25, 0.3) is 0 Å². The van der Waals surface area contributed by atoms with E-state index in [1.165, 1.54) is 4.31 Å². The van der Waals surface area contributed by atoms with Crippen LogP contribution in [-0.2, 0) is 14.9 Å². The summed E-state index contributed by atoms with van der Waals surface area (Å²) in [6, 6.07) is 0.0849. The summed E-state index contributed by atoms with van der Waals surface area (Å²) < 4.78 is 33.5. The monoisotopic (exact) mass is 293 g/mol. The highest BCUT2D eigenvalue weighted by molar-refractivity contribution is 7.86. The number of ether oxygens (including phenoxy) is 1. The Kier molecular flexibility index (Phi) is 7.23. The van der Waals surface area contributed by atoms with E-state index >= 15 is 0 Å². The van der Waals surface area contributed by atoms with Crippen molar-refractivity contribution < 1.29 is 13.2 Å². The Balaban J connectivity index is 2.77. The van der Waals surface area contributed by atoms with Gasteiger partial charge in [-0.15, -0.1) is 0 Å². The summed E-state index contributed by atoms with van der Waals surface area (Å²) in [6.07, 6.45) is 3.66. The Labute approximate surface area is 117 Å². The summed E-state index contributed by atoms with van der Waals surface area (Å²) in [5.74, 6) is 0. The van der Waals surface area contributed by atoms with Crippen LogP contribution < -0.4 is 5.73 Å². The fourth-order valence-electron chi connectivity index (χ4n) is 2.37. The first-order valence-corrected chi connectivity index (χ1v) is 8.39. The largest absolute Gasteiger partial charge is 0.383 e. The van der Waals surface area contributed by atoms with Crippen molar-refractivity contribution in [1.82, 2.24) is 8.61 Å². The molecule has 0 amide bonds. The molecule has 1 aliphatic heterocycles. The minimum absolute atomic E-state index is 0.0849. The molecule has 6 nitrogen and oxygen atoms in total. The van der Waals surface area contributed by atoms with Gasteiger partial charge in [0.25, 0.3) is 10.2 Å². The Hall–Kier alpha value is -0.210. The van der Waals surface area contributed by atoms with Gasteiger partial charge in [-0.05, 0) is 32.7 Å². The number of piperidine rings is 1. The molecule has 1 fully saturated rings. The zero-order valence-corrected chi connectivity index (χ0v) is 12.9. The molecule has 0 spiro atoms. The van der Waals surface area contributed by atoms with Crippen molar-refractivity contribution >= 4 is 10.2 Å². The van der Waals surface area contributed by atoms with Crippen LogP contribution in [0.5, 0.6) is 0 Å². The smallest absolute Gasteiger partial charge is 0.282 e. The van der Waals surface area contributed by atoms with E-state index in [0.29, 0.717) is 39.2 Å². The molecule has 0 radical (unpaired) electrons. The van der Waals surface area contributed by atoms with Gasteiger partial charge < -0.3 is 10.5 Å². The molecule has 0 saturated carbocycles. The molecule has 1 heterocycles. The first-order chi connectivity index (χ1) is 9.04. The zero-order chi connectivity index (χ0) is 14.3. The van der Waals surface area contributed by atoms with E-state index < -0.39 is 10.2 Å². The maximum absolute atomic E-state index is 12.7. The van der Waals surface area contributed by atoms with E-state index in [2.05, 4.69) is 0 Å². The van der Waals surface area contributed by atoms with Crippen LogP contribution >= 0.6 is 0 Å². The fraction of sp³-hybridized carbons (Fsp3) is 1.00. The predicted octanol–water partition coefficient (Wildman–Crippen LogP) is 0.403. The second-order valence-electron chi connectivity index (χ2n) is 5.00. The maximum Gasteiger partial charge on any atom is 0.282 e. The first kappa shape index (κ1) is 16.8. The van der Waals surface area contributed by atoms with Gasteiger partial charge in [0, 0.05) is 32.8 Å². The maximum atomic E-state index is 12.7. The zero-order valence-electron chi connectivity index (χ0n) is 12.0. The van der Waals surface area contributed by atoms with E-state index in [4.69, 9.17) is 10.5 Å². The van der Waals surface area contributed by atoms with Gasteiger partial charge in [0.1, 0.15) is 0 Å². The lowest BCUT2D eigenvalue weighted by atomic mass is 10.1. The minimum Gasteiger partial charge on any atom is -0.383 e. The van der Waals surface area contributed by atoms with E-state index in [-0.39, 0.29) is 6.04 Å². The van der Waals surface area contributed by atoms with Crippen molar-refractivity contribution in [3.05, 3.63) is 0 Å². The Morgan fingerprint density at radius 3 is 2.68 bits per heavy atom. The average Bonchev–Trinajstić information content (AvgIpc) is 2.39. The molecule has 1 saturated heterocycles. The SMILES string of the molecule is COCCN(CCCN)S(=O)(=O)N1CCCCC1C. The molecular weight excluding hydrogens is 266 g/mol. The average molecular weight is 293 g/mol. The van der Waals surface area contributed by atoms with Gasteiger partial charge in [-0.2, -0.15) is 17.0 Å². The van der Waals surface area contributed by atoms with Gasteiger partial charge >= 0.3 is 0 Å². The molecule has 0 aromatic carbocycles. The number of methoxy groups -OCH3 is 1. The summed E-state index contributed by atoms with van der Waals surface area (Å²) in [5, 5.41) is 0. The number of nitrogens with zero attached hydrogens (tertiary/aromatic N) is 2. The molecule has 7 heteroatoms. The molecule has 1 atom stereocenters. The van der Waals surface area contributed by atoms with Gasteiger partial charge in [0.2, 0.25) is 0 Å². The molecule has 1 rings (SSSR count). The number of rotatable bonds is 8. The number of hydrogen-bond acceptors (Lipinski definition) is 4. The second kappa shape index (κ2) is 8.16. The molecule has 1 unspecified atom stereocenters. The molecule has 0 aromatic heterocycles. The number of hydrogen-bond donors (Lipinski definition) is 1. The van der Waals surface area contributed by atoms with E-state index in [0.717, 1.165) is 19.3 Å². The minimum atomic E-state index is -3.39. The molecular formula is C12H27N3O3S. The molecule has 0 aromatic rings. The fourth-order valence-corrected chi connectivity index (χ4v) is 4.25. The Morgan fingerprint density at radius 2 is 2.11 bits per heavy atom. The van der Waals surface area contributed by atoms with Gasteiger partial charge in [-0.3, -0.25) is 0 Å². The van der Waals surface area contributed by atoms with Crippen molar-refractivity contribution in [2.75, 3.05) is 39.9 Å². The lowest BCUT2D eigenvalue weighted by Gasteiger charge is -2.36. The summed E-state index contributed by atoms with van der Waals surface area (Å²) in [5.41, 5.74) is 5.49. The lowest BCUT2D eigenvalue weighted by Crippen LogP contribution is -2.50. The first-order valence-electron chi connectivity index (χ1n) is 7.00. The molecule has 2 N–H and O–H groups in total. The quantitative estimate of drug-likeness (QED) is 0.703. The van der Waals surface area contributed by atoms with Crippen LogP contribution in [0.4, 0.5) is 0 Å². The normalized spacial score (nSPS) is 22.0. The summed E-state index contributed by atoms with van der Waals surface area (Å²) in [6.45, 7) is 4.36. The summed E-state index contributed by atoms with van der Waals surface area (Å²) in [7, 11) is -1.81. The Morgan fingerprint density at radius 1 is 1.37 bits per heavy atom. The summed E-state index contributed by atoms with van der Waals surface area (Å²) >= 11 is 0. The third kappa shape index (κ3) is 4.68. The summed E-state index contributed by atoms with van der Waals surface area (Å²) in [4.78, 5) is 0. The van der Waals surface area contributed by atoms with Crippen LogP contribution in [-0.4, -0.2) is 63.0 Å². The molecule has 19 heavy (non-hydrogen) atoms. The van der Waals surface area contributed by atoms with Crippen molar-refractivity contribution in [3.63, 3.8) is 0 Å². The third-order valence-electron chi connectivity index (χ3n) is 3.52. The highest BCUT2D eigenvalue weighted by Gasteiger charge is 2.33. The molecule has 114 valence electrons. The molecule has 1 aliphatic rings. The van der Waals surface area contributed by atoms with Crippen molar-refractivity contribution in [3.8, 4) is 0 Å². The standard InChI is InChI=1S/C12H27N3O3S/c1-12-6-3-4-9-15(12)19(16,17)14(8-5-7-13)10-11-18-2/h12H,3-11,13H2,1-2H3. The molecule has 0 aliphatic carbocycles. The van der Waals surface area contributed by atoms with Crippen LogP contribution in [0, 0.1) is 0 Å². The van der Waals surface area contributed by atoms with Crippen LogP contribution in [0.1, 0.15) is 32.6 Å². The van der Waals surface area contributed by atoms with Crippen molar-refractivity contribution in [2.24, 2.45) is 5.73 Å². The Bertz CT molecular complexity index is 340. The van der Waals surface area contributed by atoms with Crippen molar-refractivity contribution in [1.29, 1.82) is 0 Å². The van der Waals surface area contributed by atoms with Crippen LogP contribution in [0.2, 0.25) is 0 Å². The van der Waals surface area contributed by atoms with Gasteiger partial charge in [-0.25, -0.2) is 0 Å². The topological polar surface area (TPSA) is 75.9 Å². The van der Waals surface area contributed by atoms with Gasteiger partial charge in [-0.1, -0.05) is 6.42 Å². The van der Waals surface area contributed by atoms with Crippen LogP contribution in [0.15, 0.2) is 0 Å². The van der Waals surface area contributed by atoms with Crippen LogP contribution in [0.3, 0.4) is 0 Å². The predicted molar refractivity (Wildman–Crippen MR) is 76.1 cm³/mol. The van der Waals surface area contributed by atoms with Gasteiger partial charge in [0.15, 0.2) is 0 Å². The van der Waals surface area contributed by atoms with Gasteiger partial charge in [0.05, 0.1) is 6.61 Å². The highest BCUT2D eigenvalue weighted by Crippen LogP contribution is 2.22. The van der Waals surface area contributed by atoms with Crippen molar-refractivity contribution in [2.45, 2.75) is 38.6 Å². The third-order valence-corrected chi connectivity index (χ3v) is 5.67. The lowest BCUT2D eigenvalue weighted by molar-refractivity contribution is 0.171. The van der Waals surface area contributed by atoms with E-state index in [1.54, 1.807) is 11.4 Å².